The van der Waals surface area contributed by atoms with E-state index in [2.05, 4.69) is 20.9 Å². The van der Waals surface area contributed by atoms with E-state index in [1.54, 1.807) is 0 Å². The van der Waals surface area contributed by atoms with Gasteiger partial charge in [-0.25, -0.2) is 0 Å². The zero-order valence-corrected chi connectivity index (χ0v) is 11.6. The summed E-state index contributed by atoms with van der Waals surface area (Å²) >= 11 is 3.16. The minimum atomic E-state index is -4.57. The minimum Gasteiger partial charge on any atom is -0.455 e. The van der Waals surface area contributed by atoms with Gasteiger partial charge < -0.3 is 9.84 Å². The Kier molecular flexibility index (Phi) is 4.29. The van der Waals surface area contributed by atoms with Crippen LogP contribution >= 0.6 is 15.9 Å². The summed E-state index contributed by atoms with van der Waals surface area (Å²) < 4.78 is 44.7. The predicted octanol–water partition coefficient (Wildman–Crippen LogP) is 4.15. The zero-order valence-electron chi connectivity index (χ0n) is 9.99. The van der Waals surface area contributed by atoms with Crippen LogP contribution in [0.4, 0.5) is 13.2 Å². The zero-order chi connectivity index (χ0) is 14.8. The molecule has 2 aromatic rings. The Morgan fingerprint density at radius 3 is 2.55 bits per heavy atom. The van der Waals surface area contributed by atoms with Gasteiger partial charge in [-0.3, -0.25) is 4.98 Å². The highest BCUT2D eigenvalue weighted by atomic mass is 79.9. The molecule has 0 amide bonds. The van der Waals surface area contributed by atoms with Gasteiger partial charge in [0, 0.05) is 10.7 Å². The van der Waals surface area contributed by atoms with Crippen LogP contribution in [-0.4, -0.2) is 10.1 Å². The van der Waals surface area contributed by atoms with Crippen molar-refractivity contribution in [2.45, 2.75) is 12.8 Å². The monoisotopic (exact) mass is 347 g/mol. The topological polar surface area (TPSA) is 42.4 Å². The van der Waals surface area contributed by atoms with E-state index in [-0.39, 0.29) is 17.1 Å². The maximum absolute atomic E-state index is 13.0. The second-order valence-electron chi connectivity index (χ2n) is 3.93. The van der Waals surface area contributed by atoms with Gasteiger partial charge in [0.1, 0.15) is 11.5 Å². The first kappa shape index (κ1) is 14.8. The lowest BCUT2D eigenvalue weighted by Crippen LogP contribution is -2.08. The van der Waals surface area contributed by atoms with Crippen molar-refractivity contribution >= 4 is 15.9 Å². The molecule has 2 rings (SSSR count). The van der Waals surface area contributed by atoms with Crippen LogP contribution in [0.1, 0.15) is 11.1 Å². The Hall–Kier alpha value is -1.60. The molecule has 106 valence electrons. The molecule has 7 heteroatoms. The number of ether oxygens (including phenoxy) is 1. The molecule has 20 heavy (non-hydrogen) atoms. The Morgan fingerprint density at radius 1 is 1.20 bits per heavy atom. The highest BCUT2D eigenvalue weighted by Crippen LogP contribution is 2.38. The summed E-state index contributed by atoms with van der Waals surface area (Å²) in [6.07, 6.45) is -1.77. The van der Waals surface area contributed by atoms with Crippen LogP contribution in [0.3, 0.4) is 0 Å². The number of aliphatic hydroxyl groups is 1. The number of rotatable bonds is 3. The first-order valence-electron chi connectivity index (χ1n) is 5.49. The molecule has 0 fully saturated rings. The van der Waals surface area contributed by atoms with Crippen molar-refractivity contribution in [1.82, 2.24) is 4.98 Å². The molecule has 1 aromatic carbocycles. The van der Waals surface area contributed by atoms with Gasteiger partial charge in [-0.2, -0.15) is 13.2 Å². The van der Waals surface area contributed by atoms with Crippen LogP contribution in [0.25, 0.3) is 0 Å². The van der Waals surface area contributed by atoms with Crippen molar-refractivity contribution in [1.29, 1.82) is 0 Å². The van der Waals surface area contributed by atoms with E-state index in [4.69, 9.17) is 9.84 Å². The number of hydrogen-bond acceptors (Lipinski definition) is 3. The van der Waals surface area contributed by atoms with Crippen LogP contribution in [-0.2, 0) is 12.8 Å². The SMILES string of the molecule is OCc1ccc(Oc2cncc(Br)c2)c(C(F)(F)F)c1. The third-order valence-corrected chi connectivity index (χ3v) is 2.87. The second-order valence-corrected chi connectivity index (χ2v) is 4.84. The molecule has 0 saturated carbocycles. The fourth-order valence-corrected chi connectivity index (χ4v) is 1.91. The number of aromatic nitrogens is 1. The van der Waals surface area contributed by atoms with Gasteiger partial charge in [-0.05, 0) is 39.7 Å². The van der Waals surface area contributed by atoms with Crippen molar-refractivity contribution in [2.24, 2.45) is 0 Å². The number of nitrogens with zero attached hydrogens (tertiary/aromatic N) is 1. The van der Waals surface area contributed by atoms with Crippen molar-refractivity contribution < 1.29 is 23.0 Å². The second kappa shape index (κ2) is 5.80. The molecule has 0 spiro atoms. The summed E-state index contributed by atoms with van der Waals surface area (Å²) in [5.74, 6) is -0.156. The van der Waals surface area contributed by atoms with E-state index >= 15 is 0 Å². The van der Waals surface area contributed by atoms with E-state index in [1.165, 1.54) is 30.6 Å². The maximum Gasteiger partial charge on any atom is 0.419 e. The fraction of sp³-hybridized carbons (Fsp3) is 0.154. The van der Waals surface area contributed by atoms with Gasteiger partial charge >= 0.3 is 6.18 Å². The molecule has 1 N–H and O–H groups in total. The lowest BCUT2D eigenvalue weighted by atomic mass is 10.1. The summed E-state index contributed by atoms with van der Waals surface area (Å²) in [7, 11) is 0. The van der Waals surface area contributed by atoms with E-state index in [0.29, 0.717) is 4.47 Å². The predicted molar refractivity (Wildman–Crippen MR) is 69.4 cm³/mol. The minimum absolute atomic E-state index is 0.164. The Labute approximate surface area is 121 Å². The Morgan fingerprint density at radius 2 is 1.95 bits per heavy atom. The normalized spacial score (nSPS) is 11.4. The standard InChI is InChI=1S/C13H9BrF3NO2/c14-9-4-10(6-18-5-9)20-12-2-1-8(7-19)3-11(12)13(15,16)17/h1-6,19H,7H2. The summed E-state index contributed by atoms with van der Waals surface area (Å²) in [5, 5.41) is 8.92. The molecule has 1 aromatic heterocycles. The summed E-state index contributed by atoms with van der Waals surface area (Å²) in [5.41, 5.74) is -0.777. The maximum atomic E-state index is 13.0. The summed E-state index contributed by atoms with van der Waals surface area (Å²) in [4.78, 5) is 3.81. The van der Waals surface area contributed by atoms with Crippen molar-refractivity contribution in [3.8, 4) is 11.5 Å². The molecular weight excluding hydrogens is 339 g/mol. The highest BCUT2D eigenvalue weighted by molar-refractivity contribution is 9.10. The van der Waals surface area contributed by atoms with Crippen LogP contribution in [0.5, 0.6) is 11.5 Å². The number of hydrogen-bond donors (Lipinski definition) is 1. The Balaban J connectivity index is 2.41. The van der Waals surface area contributed by atoms with Crippen LogP contribution in [0.2, 0.25) is 0 Å². The molecule has 0 aliphatic heterocycles. The van der Waals surface area contributed by atoms with Crippen LogP contribution in [0.15, 0.2) is 41.1 Å². The van der Waals surface area contributed by atoms with Gasteiger partial charge in [0.2, 0.25) is 0 Å². The number of benzene rings is 1. The molecule has 0 radical (unpaired) electrons. The van der Waals surface area contributed by atoms with E-state index in [1.807, 2.05) is 0 Å². The van der Waals surface area contributed by atoms with E-state index in [0.717, 1.165) is 6.07 Å². The smallest absolute Gasteiger partial charge is 0.419 e. The van der Waals surface area contributed by atoms with Crippen molar-refractivity contribution in [2.75, 3.05) is 0 Å². The van der Waals surface area contributed by atoms with Gasteiger partial charge in [0.05, 0.1) is 18.4 Å². The molecular formula is C13H9BrF3NO2. The van der Waals surface area contributed by atoms with Crippen molar-refractivity contribution in [3.05, 3.63) is 52.3 Å². The van der Waals surface area contributed by atoms with Gasteiger partial charge in [0.15, 0.2) is 0 Å². The number of pyridine rings is 1. The largest absolute Gasteiger partial charge is 0.455 e. The molecule has 0 aliphatic rings. The average molecular weight is 348 g/mol. The number of alkyl halides is 3. The molecule has 0 aliphatic carbocycles. The molecule has 1 heterocycles. The molecule has 0 bridgehead atoms. The quantitative estimate of drug-likeness (QED) is 0.906. The first-order chi connectivity index (χ1) is 9.40. The van der Waals surface area contributed by atoms with Crippen molar-refractivity contribution in [3.63, 3.8) is 0 Å². The summed E-state index contributed by atoms with van der Waals surface area (Å²) in [6.45, 7) is -0.470. The van der Waals surface area contributed by atoms with Crippen LogP contribution < -0.4 is 4.74 Å². The summed E-state index contributed by atoms with van der Waals surface area (Å²) in [6, 6.07) is 4.92. The average Bonchev–Trinajstić information content (AvgIpc) is 2.38. The lowest BCUT2D eigenvalue weighted by Gasteiger charge is -2.14. The molecule has 0 unspecified atom stereocenters. The molecule has 0 atom stereocenters. The Bertz CT molecular complexity index is 617. The van der Waals surface area contributed by atoms with Gasteiger partial charge in [-0.15, -0.1) is 0 Å². The number of halogens is 4. The highest BCUT2D eigenvalue weighted by Gasteiger charge is 2.34. The van der Waals surface area contributed by atoms with Crippen LogP contribution in [0, 0.1) is 0 Å². The molecule has 0 saturated heterocycles. The third-order valence-electron chi connectivity index (χ3n) is 2.44. The molecule has 3 nitrogen and oxygen atoms in total. The lowest BCUT2D eigenvalue weighted by molar-refractivity contribution is -0.138. The fourth-order valence-electron chi connectivity index (χ4n) is 1.56. The van der Waals surface area contributed by atoms with Gasteiger partial charge in [0.25, 0.3) is 0 Å². The third kappa shape index (κ3) is 3.49. The number of aliphatic hydroxyl groups excluding tert-OH is 1. The van der Waals surface area contributed by atoms with Gasteiger partial charge in [-0.1, -0.05) is 6.07 Å². The van der Waals surface area contributed by atoms with E-state index < -0.39 is 18.3 Å². The van der Waals surface area contributed by atoms with E-state index in [9.17, 15) is 13.2 Å². The first-order valence-corrected chi connectivity index (χ1v) is 6.29.